The topological polar surface area (TPSA) is 96.1 Å². The highest BCUT2D eigenvalue weighted by Gasteiger charge is 2.45. The molecular formula is C14H20N2O4S2. The van der Waals surface area contributed by atoms with Gasteiger partial charge in [-0.25, -0.2) is 21.6 Å². The highest BCUT2D eigenvalue weighted by molar-refractivity contribution is 7.92. The third kappa shape index (κ3) is 2.32. The summed E-state index contributed by atoms with van der Waals surface area (Å²) in [7, 11) is -7.01. The molecule has 2 fully saturated rings. The van der Waals surface area contributed by atoms with E-state index in [2.05, 4.69) is 9.71 Å². The summed E-state index contributed by atoms with van der Waals surface area (Å²) in [6, 6.07) is 0. The summed E-state index contributed by atoms with van der Waals surface area (Å²) in [6.07, 6.45) is 7.70. The molecule has 3 aliphatic rings. The molecule has 1 aromatic rings. The van der Waals surface area contributed by atoms with Crippen molar-refractivity contribution in [3.8, 4) is 0 Å². The number of aromatic amines is 1. The lowest BCUT2D eigenvalue weighted by Crippen LogP contribution is -2.53. The van der Waals surface area contributed by atoms with Crippen molar-refractivity contribution in [2.24, 2.45) is 5.92 Å². The van der Waals surface area contributed by atoms with Crippen LogP contribution in [-0.2, 0) is 26.3 Å². The lowest BCUT2D eigenvalue weighted by molar-refractivity contribution is 0.195. The van der Waals surface area contributed by atoms with Crippen LogP contribution in [0.25, 0.3) is 0 Å². The second-order valence-corrected chi connectivity index (χ2v) is 10.6. The van der Waals surface area contributed by atoms with Gasteiger partial charge in [0, 0.05) is 17.3 Å². The van der Waals surface area contributed by atoms with Crippen molar-refractivity contribution in [2.45, 2.75) is 60.4 Å². The molecule has 0 aromatic carbocycles. The van der Waals surface area contributed by atoms with E-state index in [9.17, 15) is 16.8 Å². The maximum absolute atomic E-state index is 12.7. The van der Waals surface area contributed by atoms with Gasteiger partial charge in [-0.2, -0.15) is 0 Å². The van der Waals surface area contributed by atoms with Crippen LogP contribution < -0.4 is 4.72 Å². The molecule has 0 atom stereocenters. The molecule has 2 saturated carbocycles. The minimum atomic E-state index is -3.70. The van der Waals surface area contributed by atoms with E-state index < -0.39 is 19.9 Å². The van der Waals surface area contributed by atoms with Gasteiger partial charge in [0.05, 0.1) is 10.6 Å². The van der Waals surface area contributed by atoms with E-state index >= 15 is 0 Å². The van der Waals surface area contributed by atoms with Crippen LogP contribution in [0.15, 0.2) is 16.1 Å². The summed E-state index contributed by atoms with van der Waals surface area (Å²) in [5.74, 6) is 0.653. The van der Waals surface area contributed by atoms with Crippen molar-refractivity contribution in [3.05, 3.63) is 11.8 Å². The molecule has 2 N–H and O–H groups in total. The normalized spacial score (nSPS) is 25.6. The van der Waals surface area contributed by atoms with Crippen LogP contribution in [0.3, 0.4) is 0 Å². The number of H-pyrrole nitrogens is 1. The van der Waals surface area contributed by atoms with Gasteiger partial charge in [0.2, 0.25) is 0 Å². The second kappa shape index (κ2) is 4.58. The van der Waals surface area contributed by atoms with Gasteiger partial charge >= 0.3 is 0 Å². The lowest BCUT2D eigenvalue weighted by atomic mass is 9.74. The monoisotopic (exact) mass is 344 g/mol. The Morgan fingerprint density at radius 2 is 2.05 bits per heavy atom. The highest BCUT2D eigenvalue weighted by Crippen LogP contribution is 2.45. The zero-order chi connectivity index (χ0) is 15.6. The summed E-state index contributed by atoms with van der Waals surface area (Å²) in [5.41, 5.74) is 0.114. The van der Waals surface area contributed by atoms with Crippen LogP contribution in [-0.4, -0.2) is 33.1 Å². The van der Waals surface area contributed by atoms with Gasteiger partial charge in [-0.15, -0.1) is 0 Å². The largest absolute Gasteiger partial charge is 0.350 e. The Kier molecular flexibility index (Phi) is 3.06. The van der Waals surface area contributed by atoms with Crippen molar-refractivity contribution in [1.29, 1.82) is 0 Å². The third-order valence-corrected chi connectivity index (χ3v) is 8.55. The van der Waals surface area contributed by atoms with E-state index in [1.165, 1.54) is 19.0 Å². The Hall–Kier alpha value is -0.860. The minimum Gasteiger partial charge on any atom is -0.350 e. The predicted molar refractivity (Wildman–Crippen MR) is 80.8 cm³/mol. The molecule has 22 heavy (non-hydrogen) atoms. The van der Waals surface area contributed by atoms with Gasteiger partial charge in [-0.3, -0.25) is 0 Å². The summed E-state index contributed by atoms with van der Waals surface area (Å²) in [6.45, 7) is 0. The fourth-order valence-electron chi connectivity index (χ4n) is 3.68. The maximum Gasteiger partial charge on any atom is 0.256 e. The first-order chi connectivity index (χ1) is 10.3. The first kappa shape index (κ1) is 14.7. The molecule has 0 bridgehead atoms. The molecular weight excluding hydrogens is 324 g/mol. The second-order valence-electron chi connectivity index (χ2n) is 6.92. The zero-order valence-electron chi connectivity index (χ0n) is 12.3. The molecule has 0 spiro atoms. The van der Waals surface area contributed by atoms with Crippen molar-refractivity contribution in [1.82, 2.24) is 9.71 Å². The smallest absolute Gasteiger partial charge is 0.256 e. The molecule has 8 heteroatoms. The van der Waals surface area contributed by atoms with Crippen LogP contribution in [0.5, 0.6) is 0 Å². The van der Waals surface area contributed by atoms with E-state index in [0.717, 1.165) is 25.7 Å². The van der Waals surface area contributed by atoms with E-state index in [1.807, 2.05) is 0 Å². The average molecular weight is 344 g/mol. The Bertz CT molecular complexity index is 815. The first-order valence-electron chi connectivity index (χ1n) is 7.78. The molecule has 2 heterocycles. The maximum atomic E-state index is 12.7. The lowest BCUT2D eigenvalue weighted by Gasteiger charge is -2.42. The first-order valence-corrected chi connectivity index (χ1v) is 10.9. The van der Waals surface area contributed by atoms with Crippen LogP contribution in [0, 0.1) is 5.92 Å². The fourth-order valence-corrected chi connectivity index (χ4v) is 6.97. The molecule has 0 radical (unpaired) electrons. The van der Waals surface area contributed by atoms with Crippen molar-refractivity contribution in [2.75, 3.05) is 5.75 Å². The summed E-state index contributed by atoms with van der Waals surface area (Å²) >= 11 is 0. The highest BCUT2D eigenvalue weighted by atomic mass is 32.2. The molecule has 4 rings (SSSR count). The van der Waals surface area contributed by atoms with E-state index in [-0.39, 0.29) is 27.6 Å². The number of hydrogen-bond donors (Lipinski definition) is 2. The van der Waals surface area contributed by atoms with Gasteiger partial charge in [-0.1, -0.05) is 12.8 Å². The van der Waals surface area contributed by atoms with Crippen LogP contribution in [0.4, 0.5) is 0 Å². The molecule has 1 aromatic heterocycles. The summed E-state index contributed by atoms with van der Waals surface area (Å²) < 4.78 is 52.1. The van der Waals surface area contributed by atoms with Crippen molar-refractivity contribution < 1.29 is 16.8 Å². The molecule has 2 aliphatic carbocycles. The molecule has 122 valence electrons. The molecule has 1 aliphatic heterocycles. The van der Waals surface area contributed by atoms with Crippen molar-refractivity contribution >= 4 is 19.9 Å². The zero-order valence-corrected chi connectivity index (χ0v) is 13.9. The number of sulfonamides is 1. The van der Waals surface area contributed by atoms with Crippen LogP contribution in [0.1, 0.15) is 44.1 Å². The molecule has 0 unspecified atom stereocenters. The van der Waals surface area contributed by atoms with E-state index in [4.69, 9.17) is 0 Å². The molecule has 0 saturated heterocycles. The van der Waals surface area contributed by atoms with Crippen LogP contribution >= 0.6 is 0 Å². The third-order valence-electron chi connectivity index (χ3n) is 5.17. The minimum absolute atomic E-state index is 0.00207. The van der Waals surface area contributed by atoms with E-state index in [1.54, 1.807) is 0 Å². The quantitative estimate of drug-likeness (QED) is 0.842. The summed E-state index contributed by atoms with van der Waals surface area (Å²) in [5, 5.41) is 0.0469. The number of aromatic nitrogens is 1. The Labute approximate surface area is 130 Å². The number of sulfone groups is 1. The Morgan fingerprint density at radius 1 is 1.32 bits per heavy atom. The molecule has 0 amide bonds. The summed E-state index contributed by atoms with van der Waals surface area (Å²) in [4.78, 5) is 2.83. The number of hydrogen-bond acceptors (Lipinski definition) is 4. The van der Waals surface area contributed by atoms with Crippen LogP contribution in [0.2, 0.25) is 0 Å². The number of rotatable bonds is 5. The SMILES string of the molecule is O=S1(=O)CCc2c1c[nH]c2S(=O)(=O)NC1(CC2CC2)CCC1. The van der Waals surface area contributed by atoms with Gasteiger partial charge in [-0.05, 0) is 38.0 Å². The average Bonchev–Trinajstić information content (AvgIpc) is 2.98. The fraction of sp³-hybridized carbons (Fsp3) is 0.714. The van der Waals surface area contributed by atoms with Gasteiger partial charge in [0.25, 0.3) is 10.0 Å². The molecule has 6 nitrogen and oxygen atoms in total. The van der Waals surface area contributed by atoms with Gasteiger partial charge in [0.15, 0.2) is 14.9 Å². The van der Waals surface area contributed by atoms with E-state index in [0.29, 0.717) is 11.5 Å². The Balaban J connectivity index is 1.64. The number of fused-ring (bicyclic) bond motifs is 1. The predicted octanol–water partition coefficient (Wildman–Crippen LogP) is 1.35. The Morgan fingerprint density at radius 3 is 2.64 bits per heavy atom. The van der Waals surface area contributed by atoms with Gasteiger partial charge in [0.1, 0.15) is 0 Å². The number of nitrogens with one attached hydrogen (secondary N) is 2. The standard InChI is InChI=1S/C14H20N2O4S2/c17-21(18)7-4-11-12(21)9-15-13(11)22(19,20)16-14(5-1-6-14)8-10-2-3-10/h9-10,15-16H,1-8H2. The van der Waals surface area contributed by atoms with Crippen molar-refractivity contribution in [3.63, 3.8) is 0 Å². The van der Waals surface area contributed by atoms with Gasteiger partial charge < -0.3 is 4.98 Å².